The molecule has 0 N–H and O–H groups in total. The van der Waals surface area contributed by atoms with E-state index in [0.29, 0.717) is 11.8 Å². The molecule has 1 aliphatic heterocycles. The molecule has 0 aromatic heterocycles. The molecule has 0 amide bonds. The number of nitrogens with zero attached hydrogens (tertiary/aromatic N) is 1. The lowest BCUT2D eigenvalue weighted by molar-refractivity contribution is -0.0126. The molecule has 2 aromatic rings. The summed E-state index contributed by atoms with van der Waals surface area (Å²) >= 11 is 0. The van der Waals surface area contributed by atoms with Gasteiger partial charge in [0.05, 0.1) is 5.92 Å². The largest absolute Gasteiger partial charge is 0.294 e. The summed E-state index contributed by atoms with van der Waals surface area (Å²) in [6.45, 7) is 0.915. The molecule has 4 rings (SSSR count). The van der Waals surface area contributed by atoms with E-state index in [1.54, 1.807) is 0 Å². The minimum Gasteiger partial charge on any atom is -0.294 e. The predicted octanol–water partition coefficient (Wildman–Crippen LogP) is 4.49. The Bertz CT molecular complexity index is 661. The smallest absolute Gasteiger partial charge is 0.169 e. The maximum Gasteiger partial charge on any atom is 0.169 e. The maximum atomic E-state index is 12.9. The fourth-order valence-corrected chi connectivity index (χ4v) is 4.26. The zero-order valence-corrected chi connectivity index (χ0v) is 13.4. The lowest BCUT2D eigenvalue weighted by Gasteiger charge is -2.51. The average Bonchev–Trinajstić information content (AvgIpc) is 3.10. The number of carbonyl (C=O) groups excluding carboxylic acids is 1. The highest BCUT2D eigenvalue weighted by Gasteiger charge is 2.47. The first-order valence-electron chi connectivity index (χ1n) is 8.74. The number of rotatable bonds is 4. The highest BCUT2D eigenvalue weighted by Crippen LogP contribution is 2.45. The Morgan fingerprint density at radius 3 is 2.13 bits per heavy atom. The van der Waals surface area contributed by atoms with Gasteiger partial charge in [0, 0.05) is 24.2 Å². The second kappa shape index (κ2) is 6.29. The first kappa shape index (κ1) is 14.6. The van der Waals surface area contributed by atoms with Crippen molar-refractivity contribution in [3.05, 3.63) is 71.8 Å². The van der Waals surface area contributed by atoms with Gasteiger partial charge in [-0.25, -0.2) is 0 Å². The van der Waals surface area contributed by atoms with Gasteiger partial charge < -0.3 is 0 Å². The van der Waals surface area contributed by atoms with Crippen molar-refractivity contribution in [3.63, 3.8) is 0 Å². The molecule has 1 saturated carbocycles. The van der Waals surface area contributed by atoms with Crippen LogP contribution in [0.1, 0.15) is 47.6 Å². The highest BCUT2D eigenvalue weighted by molar-refractivity contribution is 5.99. The van der Waals surface area contributed by atoms with Gasteiger partial charge in [-0.1, -0.05) is 73.5 Å². The summed E-state index contributed by atoms with van der Waals surface area (Å²) < 4.78 is 0. The molecule has 2 aliphatic rings. The molecule has 0 spiro atoms. The van der Waals surface area contributed by atoms with Gasteiger partial charge in [0.25, 0.3) is 0 Å². The first-order valence-corrected chi connectivity index (χ1v) is 8.74. The van der Waals surface area contributed by atoms with Crippen LogP contribution >= 0.6 is 0 Å². The molecule has 2 heteroatoms. The van der Waals surface area contributed by atoms with E-state index < -0.39 is 0 Å². The minimum atomic E-state index is 0.0976. The summed E-state index contributed by atoms with van der Waals surface area (Å²) in [4.78, 5) is 15.5. The summed E-state index contributed by atoms with van der Waals surface area (Å²) in [5.74, 6) is 0.397. The molecule has 2 atom stereocenters. The SMILES string of the molecule is O=C(c1ccccc1)[C@H]1CN(C2CCCC2)[C@H]1c1ccccc1. The summed E-state index contributed by atoms with van der Waals surface area (Å²) in [5.41, 5.74) is 2.14. The van der Waals surface area contributed by atoms with Crippen LogP contribution in [0.2, 0.25) is 0 Å². The van der Waals surface area contributed by atoms with Crippen LogP contribution in [-0.4, -0.2) is 23.3 Å². The van der Waals surface area contributed by atoms with Gasteiger partial charge in [-0.15, -0.1) is 0 Å². The number of ketones is 1. The summed E-state index contributed by atoms with van der Waals surface area (Å²) in [7, 11) is 0. The molecule has 0 radical (unpaired) electrons. The van der Waals surface area contributed by atoms with Crippen molar-refractivity contribution in [1.82, 2.24) is 4.90 Å². The van der Waals surface area contributed by atoms with Crippen molar-refractivity contribution in [1.29, 1.82) is 0 Å². The van der Waals surface area contributed by atoms with Crippen LogP contribution in [0.15, 0.2) is 60.7 Å². The molecule has 2 aromatic carbocycles. The van der Waals surface area contributed by atoms with Crippen molar-refractivity contribution in [3.8, 4) is 0 Å². The van der Waals surface area contributed by atoms with E-state index in [1.165, 1.54) is 31.2 Å². The number of hydrogen-bond acceptors (Lipinski definition) is 2. The molecule has 0 unspecified atom stereocenters. The Kier molecular flexibility index (Phi) is 4.00. The summed E-state index contributed by atoms with van der Waals surface area (Å²) in [6.07, 6.45) is 5.24. The van der Waals surface area contributed by atoms with E-state index in [2.05, 4.69) is 35.2 Å². The van der Waals surface area contributed by atoms with Crippen molar-refractivity contribution in [2.75, 3.05) is 6.54 Å². The number of benzene rings is 2. The summed E-state index contributed by atoms with van der Waals surface area (Å²) in [5, 5.41) is 0. The molecule has 2 nitrogen and oxygen atoms in total. The van der Waals surface area contributed by atoms with Gasteiger partial charge in [0.15, 0.2) is 5.78 Å². The van der Waals surface area contributed by atoms with Gasteiger partial charge in [-0.05, 0) is 18.4 Å². The minimum absolute atomic E-state index is 0.0976. The molecule has 2 fully saturated rings. The quantitative estimate of drug-likeness (QED) is 0.776. The third-order valence-electron chi connectivity index (χ3n) is 5.48. The number of hydrogen-bond donors (Lipinski definition) is 0. The van der Waals surface area contributed by atoms with E-state index in [9.17, 15) is 4.79 Å². The molecule has 118 valence electrons. The van der Waals surface area contributed by atoms with E-state index in [1.807, 2.05) is 30.3 Å². The van der Waals surface area contributed by atoms with E-state index in [4.69, 9.17) is 0 Å². The van der Waals surface area contributed by atoms with Crippen molar-refractivity contribution in [2.24, 2.45) is 5.92 Å². The molecule has 1 aliphatic carbocycles. The molecule has 1 heterocycles. The van der Waals surface area contributed by atoms with Crippen LogP contribution < -0.4 is 0 Å². The Hall–Kier alpha value is -1.93. The molecule has 23 heavy (non-hydrogen) atoms. The Morgan fingerprint density at radius 1 is 0.870 bits per heavy atom. The van der Waals surface area contributed by atoms with Crippen LogP contribution in [0.25, 0.3) is 0 Å². The van der Waals surface area contributed by atoms with Crippen LogP contribution in [0, 0.1) is 5.92 Å². The van der Waals surface area contributed by atoms with Crippen LogP contribution in [0.4, 0.5) is 0 Å². The van der Waals surface area contributed by atoms with Crippen molar-refractivity contribution < 1.29 is 4.79 Å². The molecule has 1 saturated heterocycles. The summed E-state index contributed by atoms with van der Waals surface area (Å²) in [6, 6.07) is 21.3. The van der Waals surface area contributed by atoms with Gasteiger partial charge in [0.1, 0.15) is 0 Å². The Labute approximate surface area is 138 Å². The average molecular weight is 305 g/mol. The van der Waals surface area contributed by atoms with Gasteiger partial charge in [0.2, 0.25) is 0 Å². The first-order chi connectivity index (χ1) is 11.3. The maximum absolute atomic E-state index is 12.9. The normalized spacial score (nSPS) is 25.2. The predicted molar refractivity (Wildman–Crippen MR) is 92.4 cm³/mol. The second-order valence-electron chi connectivity index (χ2n) is 6.83. The fourth-order valence-electron chi connectivity index (χ4n) is 4.26. The third-order valence-corrected chi connectivity index (χ3v) is 5.48. The monoisotopic (exact) mass is 305 g/mol. The molecular weight excluding hydrogens is 282 g/mol. The number of Topliss-reactive ketones (excluding diaryl/α,β-unsaturated/α-hetero) is 1. The Balaban J connectivity index is 1.61. The fraction of sp³-hybridized carbons (Fsp3) is 0.381. The van der Waals surface area contributed by atoms with E-state index >= 15 is 0 Å². The zero-order chi connectivity index (χ0) is 15.6. The van der Waals surface area contributed by atoms with Crippen LogP contribution in [0.5, 0.6) is 0 Å². The van der Waals surface area contributed by atoms with Crippen LogP contribution in [0.3, 0.4) is 0 Å². The van der Waals surface area contributed by atoms with Crippen molar-refractivity contribution in [2.45, 2.75) is 37.8 Å². The number of carbonyl (C=O) groups is 1. The van der Waals surface area contributed by atoms with Gasteiger partial charge >= 0.3 is 0 Å². The van der Waals surface area contributed by atoms with E-state index in [-0.39, 0.29) is 12.0 Å². The van der Waals surface area contributed by atoms with Gasteiger partial charge in [-0.3, -0.25) is 9.69 Å². The topological polar surface area (TPSA) is 20.3 Å². The van der Waals surface area contributed by atoms with Crippen molar-refractivity contribution >= 4 is 5.78 Å². The molecule has 0 bridgehead atoms. The number of likely N-dealkylation sites (tertiary alicyclic amines) is 1. The third kappa shape index (κ3) is 2.72. The Morgan fingerprint density at radius 2 is 1.48 bits per heavy atom. The molecular formula is C21H23NO. The second-order valence-corrected chi connectivity index (χ2v) is 6.83. The van der Waals surface area contributed by atoms with E-state index in [0.717, 1.165) is 12.1 Å². The van der Waals surface area contributed by atoms with Crippen LogP contribution in [-0.2, 0) is 0 Å². The zero-order valence-electron chi connectivity index (χ0n) is 13.4. The highest BCUT2D eigenvalue weighted by atomic mass is 16.1. The lowest BCUT2D eigenvalue weighted by atomic mass is 9.77. The van der Waals surface area contributed by atoms with Gasteiger partial charge in [-0.2, -0.15) is 0 Å². The standard InChI is InChI=1S/C21H23NO/c23-21(17-11-5-2-6-12-17)19-15-22(18-13-7-8-14-18)20(19)16-9-3-1-4-10-16/h1-6,9-12,18-20H,7-8,13-15H2/t19-,20-/m0/s1. The lowest BCUT2D eigenvalue weighted by Crippen LogP contribution is -2.56.